The van der Waals surface area contributed by atoms with Gasteiger partial charge in [0.2, 0.25) is 0 Å². The van der Waals surface area contributed by atoms with Crippen LogP contribution in [-0.2, 0) is 0 Å². The first kappa shape index (κ1) is 14.9. The van der Waals surface area contributed by atoms with Crippen LogP contribution in [0.15, 0.2) is 36.4 Å². The van der Waals surface area contributed by atoms with Gasteiger partial charge in [-0.05, 0) is 43.7 Å². The van der Waals surface area contributed by atoms with Crippen LogP contribution in [0, 0.1) is 18.3 Å². The van der Waals surface area contributed by atoms with Crippen molar-refractivity contribution in [1.82, 2.24) is 0 Å². The molecule has 4 nitrogen and oxygen atoms in total. The molecule has 1 atom stereocenters. The molecule has 0 unspecified atom stereocenters. The Morgan fingerprint density at radius 3 is 2.48 bits per heavy atom. The highest BCUT2D eigenvalue weighted by Crippen LogP contribution is 2.37. The van der Waals surface area contributed by atoms with E-state index in [4.69, 9.17) is 14.7 Å². The van der Waals surface area contributed by atoms with Gasteiger partial charge in [-0.1, -0.05) is 12.1 Å². The number of aryl methyl sites for hydroxylation is 1. The molecule has 4 heteroatoms. The summed E-state index contributed by atoms with van der Waals surface area (Å²) in [5, 5.41) is 18.9. The largest absolute Gasteiger partial charge is 0.496 e. The van der Waals surface area contributed by atoms with E-state index in [-0.39, 0.29) is 0 Å². The third-order valence-electron chi connectivity index (χ3n) is 3.20. The van der Waals surface area contributed by atoms with E-state index in [1.54, 1.807) is 44.4 Å². The Labute approximate surface area is 124 Å². The lowest BCUT2D eigenvalue weighted by Crippen LogP contribution is -2.00. The number of nitrogens with zero attached hydrogens (tertiary/aromatic N) is 1. The molecule has 0 aliphatic carbocycles. The van der Waals surface area contributed by atoms with E-state index in [1.807, 2.05) is 13.0 Å². The van der Waals surface area contributed by atoms with Crippen LogP contribution in [0.4, 0.5) is 0 Å². The predicted molar refractivity (Wildman–Crippen MR) is 79.6 cm³/mol. The summed E-state index contributed by atoms with van der Waals surface area (Å²) in [6.07, 6.45) is -0.726. The minimum atomic E-state index is -0.726. The molecule has 0 fully saturated rings. The molecule has 0 heterocycles. The fourth-order valence-electron chi connectivity index (χ4n) is 2.10. The zero-order valence-electron chi connectivity index (χ0n) is 12.3. The molecule has 108 valence electrons. The number of hydrogen-bond donors (Lipinski definition) is 1. The highest BCUT2D eigenvalue weighted by molar-refractivity contribution is 5.50. The Balaban J connectivity index is 2.47. The van der Waals surface area contributed by atoms with Crippen molar-refractivity contribution in [2.45, 2.75) is 20.0 Å². The fourth-order valence-corrected chi connectivity index (χ4v) is 2.10. The Kier molecular flexibility index (Phi) is 4.46. The van der Waals surface area contributed by atoms with E-state index in [9.17, 15) is 5.11 Å². The number of aliphatic hydroxyl groups is 1. The quantitative estimate of drug-likeness (QED) is 0.928. The third-order valence-corrected chi connectivity index (χ3v) is 3.20. The molecule has 0 aliphatic rings. The van der Waals surface area contributed by atoms with Gasteiger partial charge in [-0.3, -0.25) is 0 Å². The van der Waals surface area contributed by atoms with Crippen LogP contribution in [0.1, 0.15) is 29.7 Å². The zero-order valence-corrected chi connectivity index (χ0v) is 12.3. The Bertz CT molecular complexity index is 687. The molecule has 0 radical (unpaired) electrons. The number of rotatable bonds is 4. The van der Waals surface area contributed by atoms with Gasteiger partial charge in [-0.15, -0.1) is 0 Å². The normalized spacial score (nSPS) is 11.6. The number of hydrogen-bond acceptors (Lipinski definition) is 4. The first-order valence-electron chi connectivity index (χ1n) is 6.60. The summed E-state index contributed by atoms with van der Waals surface area (Å²) in [6.45, 7) is 3.56. The van der Waals surface area contributed by atoms with Gasteiger partial charge in [0, 0.05) is 0 Å². The monoisotopic (exact) mass is 283 g/mol. The molecular formula is C17H17NO3. The van der Waals surface area contributed by atoms with Crippen molar-refractivity contribution in [3.05, 3.63) is 53.1 Å². The molecule has 0 amide bonds. The van der Waals surface area contributed by atoms with Crippen LogP contribution in [0.5, 0.6) is 17.2 Å². The van der Waals surface area contributed by atoms with Crippen molar-refractivity contribution in [3.8, 4) is 23.3 Å². The number of aliphatic hydroxyl groups excluding tert-OH is 1. The Morgan fingerprint density at radius 2 is 1.86 bits per heavy atom. The van der Waals surface area contributed by atoms with Crippen LogP contribution in [0.25, 0.3) is 0 Å². The first-order valence-corrected chi connectivity index (χ1v) is 6.60. The second-order valence-corrected chi connectivity index (χ2v) is 4.74. The molecule has 0 aromatic heterocycles. The lowest BCUT2D eigenvalue weighted by molar-refractivity contribution is 0.190. The average Bonchev–Trinajstić information content (AvgIpc) is 2.48. The summed E-state index contributed by atoms with van der Waals surface area (Å²) in [5.74, 6) is 1.67. The highest BCUT2D eigenvalue weighted by Gasteiger charge is 2.16. The molecule has 0 saturated heterocycles. The molecule has 2 aromatic rings. The van der Waals surface area contributed by atoms with E-state index in [0.717, 1.165) is 5.56 Å². The van der Waals surface area contributed by atoms with Crippen LogP contribution >= 0.6 is 0 Å². The minimum Gasteiger partial charge on any atom is -0.496 e. The van der Waals surface area contributed by atoms with Crippen molar-refractivity contribution in [2.24, 2.45) is 0 Å². The maximum absolute atomic E-state index is 9.95. The van der Waals surface area contributed by atoms with Crippen LogP contribution in [0.2, 0.25) is 0 Å². The smallest absolute Gasteiger partial charge is 0.136 e. The molecule has 1 N–H and O–H groups in total. The average molecular weight is 283 g/mol. The topological polar surface area (TPSA) is 62.5 Å². The lowest BCUT2D eigenvalue weighted by atomic mass is 10.1. The molecule has 0 bridgehead atoms. The number of benzene rings is 2. The number of ether oxygens (including phenoxy) is 2. The summed E-state index contributed by atoms with van der Waals surface area (Å²) >= 11 is 0. The third kappa shape index (κ3) is 3.15. The van der Waals surface area contributed by atoms with Crippen molar-refractivity contribution in [3.63, 3.8) is 0 Å². The van der Waals surface area contributed by atoms with Crippen molar-refractivity contribution in [2.75, 3.05) is 7.11 Å². The van der Waals surface area contributed by atoms with E-state index in [0.29, 0.717) is 28.4 Å². The second-order valence-electron chi connectivity index (χ2n) is 4.74. The molecule has 2 rings (SSSR count). The van der Waals surface area contributed by atoms with Gasteiger partial charge in [0.25, 0.3) is 0 Å². The fraction of sp³-hybridized carbons (Fsp3) is 0.235. The van der Waals surface area contributed by atoms with E-state index in [2.05, 4.69) is 6.07 Å². The summed E-state index contributed by atoms with van der Waals surface area (Å²) in [4.78, 5) is 0. The van der Waals surface area contributed by atoms with E-state index < -0.39 is 6.10 Å². The van der Waals surface area contributed by atoms with E-state index >= 15 is 0 Å². The summed E-state index contributed by atoms with van der Waals surface area (Å²) < 4.78 is 11.2. The molecule has 0 aliphatic heterocycles. The van der Waals surface area contributed by atoms with Crippen LogP contribution in [0.3, 0.4) is 0 Å². The summed E-state index contributed by atoms with van der Waals surface area (Å²) in [5.41, 5.74) is 2.02. The standard InChI is InChI=1S/C17H17NO3/c1-11-7-8-13(10-18)9-16(11)21-15-6-4-5-14(20-3)17(15)12(2)19/h4-9,12,19H,1-3H3/t12-/m0/s1. The van der Waals surface area contributed by atoms with Gasteiger partial charge in [0.05, 0.1) is 30.4 Å². The SMILES string of the molecule is COc1cccc(Oc2cc(C#N)ccc2C)c1[C@H](C)O. The van der Waals surface area contributed by atoms with Gasteiger partial charge < -0.3 is 14.6 Å². The molecule has 0 spiro atoms. The van der Waals surface area contributed by atoms with Gasteiger partial charge in [0.15, 0.2) is 0 Å². The van der Waals surface area contributed by atoms with Crippen molar-refractivity contribution in [1.29, 1.82) is 5.26 Å². The Hall–Kier alpha value is -2.51. The van der Waals surface area contributed by atoms with Crippen molar-refractivity contribution >= 4 is 0 Å². The van der Waals surface area contributed by atoms with Gasteiger partial charge >= 0.3 is 0 Å². The molecule has 2 aromatic carbocycles. The maximum Gasteiger partial charge on any atom is 0.136 e. The zero-order chi connectivity index (χ0) is 15.4. The lowest BCUT2D eigenvalue weighted by Gasteiger charge is -2.17. The van der Waals surface area contributed by atoms with Gasteiger partial charge in [-0.2, -0.15) is 5.26 Å². The van der Waals surface area contributed by atoms with Gasteiger partial charge in [0.1, 0.15) is 17.2 Å². The molecule has 0 saturated carbocycles. The van der Waals surface area contributed by atoms with Crippen LogP contribution < -0.4 is 9.47 Å². The highest BCUT2D eigenvalue weighted by atomic mass is 16.5. The van der Waals surface area contributed by atoms with Crippen LogP contribution in [-0.4, -0.2) is 12.2 Å². The maximum atomic E-state index is 9.95. The molecular weight excluding hydrogens is 266 g/mol. The Morgan fingerprint density at radius 1 is 1.14 bits per heavy atom. The predicted octanol–water partition coefficient (Wildman–Crippen LogP) is 3.72. The van der Waals surface area contributed by atoms with E-state index in [1.165, 1.54) is 0 Å². The minimum absolute atomic E-state index is 0.516. The summed E-state index contributed by atoms with van der Waals surface area (Å²) in [6, 6.07) is 12.7. The first-order chi connectivity index (χ1) is 10.1. The van der Waals surface area contributed by atoms with Gasteiger partial charge in [-0.25, -0.2) is 0 Å². The molecule has 21 heavy (non-hydrogen) atoms. The second kappa shape index (κ2) is 6.29. The summed E-state index contributed by atoms with van der Waals surface area (Å²) in [7, 11) is 1.55. The van der Waals surface area contributed by atoms with Crippen molar-refractivity contribution < 1.29 is 14.6 Å². The number of methoxy groups -OCH3 is 1. The number of nitriles is 1.